The molecule has 0 saturated carbocycles. The first kappa shape index (κ1) is 43.3. The summed E-state index contributed by atoms with van der Waals surface area (Å²) in [6.07, 6.45) is 0. The van der Waals surface area contributed by atoms with Gasteiger partial charge in [0.2, 0.25) is 0 Å². The zero-order valence-electron chi connectivity index (χ0n) is 41.2. The number of anilines is 3. The lowest BCUT2D eigenvalue weighted by Crippen LogP contribution is -2.16. The van der Waals surface area contributed by atoms with Crippen LogP contribution >= 0.6 is 0 Å². The normalized spacial score (nSPS) is 12.0. The van der Waals surface area contributed by atoms with Crippen molar-refractivity contribution in [1.29, 1.82) is 0 Å². The van der Waals surface area contributed by atoms with Gasteiger partial charge in [-0.3, -0.25) is 0 Å². The molecule has 348 valence electrons. The molecule has 0 fully saturated rings. The molecule has 0 atom stereocenters. The summed E-state index contributed by atoms with van der Waals surface area (Å²) in [5.41, 5.74) is 19.2. The highest BCUT2D eigenvalue weighted by Gasteiger charge is 2.27. The molecule has 14 rings (SSSR count). The summed E-state index contributed by atoms with van der Waals surface area (Å²) >= 11 is 0. The molecule has 1 aliphatic heterocycles. The van der Waals surface area contributed by atoms with Crippen LogP contribution in [-0.4, -0.2) is 0 Å². The fourth-order valence-electron chi connectivity index (χ4n) is 11.1. The van der Waals surface area contributed by atoms with Crippen molar-refractivity contribution in [3.63, 3.8) is 0 Å². The van der Waals surface area contributed by atoms with Crippen molar-refractivity contribution in [3.05, 3.63) is 272 Å². The van der Waals surface area contributed by atoms with Crippen LogP contribution in [0.4, 0.5) is 17.1 Å². The summed E-state index contributed by atoms with van der Waals surface area (Å²) in [5, 5.41) is 9.78. The van der Waals surface area contributed by atoms with Gasteiger partial charge in [-0.2, -0.15) is 0 Å². The van der Waals surface area contributed by atoms with Crippen LogP contribution in [0.15, 0.2) is 261 Å². The lowest BCUT2D eigenvalue weighted by molar-refractivity contribution is 0.476. The number of hydrogen-bond acceptors (Lipinski definition) is 2. The SMILES string of the molecule is Cc1ccc2c(c1)Oc1cc(C)ccc1N2c1cc(-c2cc(-c3ccc4ccccc4c3)cc(-c3ccc4ccccc4c3)c2)cc(-c2cc(-c3ccc4ccccc4c3)cc(-c3ccc4ccccc4c3)c2)c1. The quantitative estimate of drug-likeness (QED) is 0.158. The summed E-state index contributed by atoms with van der Waals surface area (Å²) in [6.45, 7) is 4.26. The van der Waals surface area contributed by atoms with E-state index in [0.717, 1.165) is 84.2 Å². The number of benzene rings is 13. The Morgan fingerprint density at radius 2 is 0.500 bits per heavy atom. The van der Waals surface area contributed by atoms with Gasteiger partial charge in [0.1, 0.15) is 0 Å². The summed E-state index contributed by atoms with van der Waals surface area (Å²) in [4.78, 5) is 2.40. The van der Waals surface area contributed by atoms with Crippen molar-refractivity contribution in [2.24, 2.45) is 0 Å². The van der Waals surface area contributed by atoms with Crippen molar-refractivity contribution in [3.8, 4) is 78.3 Å². The molecule has 0 radical (unpaired) electrons. The van der Waals surface area contributed by atoms with Gasteiger partial charge in [-0.15, -0.1) is 0 Å². The second kappa shape index (κ2) is 17.7. The zero-order valence-corrected chi connectivity index (χ0v) is 41.2. The van der Waals surface area contributed by atoms with Gasteiger partial charge < -0.3 is 9.64 Å². The first-order chi connectivity index (χ1) is 36.4. The molecule has 0 unspecified atom stereocenters. The Hall–Kier alpha value is -9.50. The van der Waals surface area contributed by atoms with Gasteiger partial charge >= 0.3 is 0 Å². The summed E-state index contributed by atoms with van der Waals surface area (Å²) < 4.78 is 6.76. The molecule has 0 N–H and O–H groups in total. The van der Waals surface area contributed by atoms with Gasteiger partial charge in [0.05, 0.1) is 11.4 Å². The molecule has 2 heteroatoms. The van der Waals surface area contributed by atoms with E-state index in [1.807, 2.05) is 0 Å². The highest BCUT2D eigenvalue weighted by molar-refractivity contribution is 5.97. The van der Waals surface area contributed by atoms with Crippen LogP contribution in [0.1, 0.15) is 11.1 Å². The Morgan fingerprint density at radius 3 is 0.811 bits per heavy atom. The number of aryl methyl sites for hydroxylation is 2. The highest BCUT2D eigenvalue weighted by Crippen LogP contribution is 2.52. The van der Waals surface area contributed by atoms with Crippen LogP contribution in [0.25, 0.3) is 110 Å². The standard InChI is InChI=1S/C72H49NO/c1-46-19-29-69-71(31-46)74-72-32-47(2)20-30-70(72)73(69)68-44-66(64-39-60(56-25-21-48-11-3-7-15-52(48)33-56)37-61(40-64)57-26-22-49-12-4-8-16-53(49)34-57)43-67(45-68)65-41-62(58-27-23-50-13-5-9-17-54(50)35-58)38-63(42-65)59-28-24-51-14-6-10-18-55(51)36-59/h3-45H,1-2H3. The van der Waals surface area contributed by atoms with E-state index < -0.39 is 0 Å². The largest absolute Gasteiger partial charge is 0.453 e. The number of ether oxygens (including phenoxy) is 1. The molecule has 0 amide bonds. The van der Waals surface area contributed by atoms with Crippen LogP contribution in [0, 0.1) is 13.8 Å². The van der Waals surface area contributed by atoms with E-state index in [9.17, 15) is 0 Å². The van der Waals surface area contributed by atoms with E-state index in [1.165, 1.54) is 65.3 Å². The fraction of sp³-hybridized carbons (Fsp3) is 0.0278. The average molecular weight is 944 g/mol. The van der Waals surface area contributed by atoms with E-state index >= 15 is 0 Å². The van der Waals surface area contributed by atoms with Crippen LogP contribution in [0.3, 0.4) is 0 Å². The minimum absolute atomic E-state index is 0.837. The van der Waals surface area contributed by atoms with E-state index in [1.54, 1.807) is 0 Å². The van der Waals surface area contributed by atoms with Crippen LogP contribution in [0.2, 0.25) is 0 Å². The maximum absolute atomic E-state index is 6.76. The van der Waals surface area contributed by atoms with Gasteiger partial charge in [-0.1, -0.05) is 158 Å². The zero-order chi connectivity index (χ0) is 49.3. The Labute approximate surface area is 431 Å². The molecule has 0 saturated heterocycles. The third-order valence-electron chi connectivity index (χ3n) is 15.0. The van der Waals surface area contributed by atoms with Crippen molar-refractivity contribution in [1.82, 2.24) is 0 Å². The second-order valence-electron chi connectivity index (χ2n) is 20.0. The predicted octanol–water partition coefficient (Wildman–Crippen LogP) is 20.5. The van der Waals surface area contributed by atoms with Gasteiger partial charge in [-0.05, 0) is 238 Å². The minimum atomic E-state index is 0.837. The lowest BCUT2D eigenvalue weighted by Gasteiger charge is -2.34. The monoisotopic (exact) mass is 943 g/mol. The fourth-order valence-corrected chi connectivity index (χ4v) is 11.1. The number of hydrogen-bond donors (Lipinski definition) is 0. The summed E-state index contributed by atoms with van der Waals surface area (Å²) in [7, 11) is 0. The first-order valence-electron chi connectivity index (χ1n) is 25.5. The Balaban J connectivity index is 1.04. The van der Waals surface area contributed by atoms with Gasteiger partial charge in [0.25, 0.3) is 0 Å². The van der Waals surface area contributed by atoms with E-state index in [-0.39, 0.29) is 0 Å². The third kappa shape index (κ3) is 7.94. The van der Waals surface area contributed by atoms with Crippen molar-refractivity contribution in [2.75, 3.05) is 4.90 Å². The van der Waals surface area contributed by atoms with E-state index in [0.29, 0.717) is 0 Å². The number of nitrogens with zero attached hydrogens (tertiary/aromatic N) is 1. The summed E-state index contributed by atoms with van der Waals surface area (Å²) in [6, 6.07) is 96.5. The maximum atomic E-state index is 6.76. The maximum Gasteiger partial charge on any atom is 0.151 e. The Bertz CT molecular complexity index is 3920. The molecular weight excluding hydrogens is 895 g/mol. The van der Waals surface area contributed by atoms with Crippen molar-refractivity contribution >= 4 is 60.2 Å². The molecule has 2 nitrogen and oxygen atoms in total. The first-order valence-corrected chi connectivity index (χ1v) is 25.5. The average Bonchev–Trinajstić information content (AvgIpc) is 3.45. The van der Waals surface area contributed by atoms with Crippen LogP contribution in [-0.2, 0) is 0 Å². The molecule has 0 bridgehead atoms. The van der Waals surface area contributed by atoms with Crippen molar-refractivity contribution < 1.29 is 4.74 Å². The number of rotatable bonds is 7. The van der Waals surface area contributed by atoms with Gasteiger partial charge in [-0.25, -0.2) is 0 Å². The Morgan fingerprint density at radius 1 is 0.230 bits per heavy atom. The molecule has 0 aromatic heterocycles. The molecule has 1 aliphatic rings. The topological polar surface area (TPSA) is 12.5 Å². The lowest BCUT2D eigenvalue weighted by atomic mass is 9.89. The van der Waals surface area contributed by atoms with E-state index in [4.69, 9.17) is 4.74 Å². The molecule has 0 spiro atoms. The molecule has 74 heavy (non-hydrogen) atoms. The molecule has 13 aromatic rings. The second-order valence-corrected chi connectivity index (χ2v) is 20.0. The summed E-state index contributed by atoms with van der Waals surface area (Å²) in [5.74, 6) is 1.67. The molecule has 0 aliphatic carbocycles. The minimum Gasteiger partial charge on any atom is -0.453 e. The van der Waals surface area contributed by atoms with Crippen molar-refractivity contribution in [2.45, 2.75) is 13.8 Å². The molecular formula is C72H49NO. The molecule has 13 aromatic carbocycles. The highest BCUT2D eigenvalue weighted by atomic mass is 16.5. The number of fused-ring (bicyclic) bond motifs is 6. The Kier molecular flexibility index (Phi) is 10.3. The third-order valence-corrected chi connectivity index (χ3v) is 15.0. The predicted molar refractivity (Wildman–Crippen MR) is 313 cm³/mol. The van der Waals surface area contributed by atoms with Gasteiger partial charge in [0, 0.05) is 5.69 Å². The van der Waals surface area contributed by atoms with Crippen LogP contribution in [0.5, 0.6) is 11.5 Å². The van der Waals surface area contributed by atoms with E-state index in [2.05, 4.69) is 280 Å². The molecule has 1 heterocycles. The van der Waals surface area contributed by atoms with Gasteiger partial charge in [0.15, 0.2) is 11.5 Å². The smallest absolute Gasteiger partial charge is 0.151 e. The van der Waals surface area contributed by atoms with Crippen LogP contribution < -0.4 is 9.64 Å².